The number of alkyl halides is 1. The average Bonchev–Trinajstić information content (AvgIpc) is 2.87. The van der Waals surface area contributed by atoms with Crippen molar-refractivity contribution in [1.82, 2.24) is 0 Å². The summed E-state index contributed by atoms with van der Waals surface area (Å²) in [5.74, 6) is -6.27. The Kier molecular flexibility index (Phi) is 13.4. The lowest BCUT2D eigenvalue weighted by atomic mass is 9.96. The molecule has 2 saturated heterocycles. The molecule has 17 nitrogen and oxygen atoms in total. The van der Waals surface area contributed by atoms with Crippen LogP contribution in [0.5, 0.6) is 0 Å². The summed E-state index contributed by atoms with van der Waals surface area (Å²) < 4.78 is 68.6. The lowest BCUT2D eigenvalue weighted by Gasteiger charge is -2.47. The molecule has 0 unspecified atom stereocenters. The number of hydrogen-bond acceptors (Lipinski definition) is 17. The van der Waals surface area contributed by atoms with Gasteiger partial charge in [0.15, 0.2) is 36.8 Å². The highest BCUT2D eigenvalue weighted by molar-refractivity contribution is 5.69. The monoisotopic (exact) mass is 638 g/mol. The van der Waals surface area contributed by atoms with Gasteiger partial charge in [0.2, 0.25) is 6.36 Å². The average molecular weight is 639 g/mol. The van der Waals surface area contributed by atoms with Crippen molar-refractivity contribution in [2.24, 2.45) is 0 Å². The Bertz CT molecular complexity index is 1090. The maximum Gasteiger partial charge on any atom is 0.303 e. The largest absolute Gasteiger partial charge is 0.463 e. The predicted octanol–water partition coefficient (Wildman–Crippen LogP) is -0.424. The maximum atomic E-state index is 15.2. The second-order valence-electron chi connectivity index (χ2n) is 9.64. The van der Waals surface area contributed by atoms with E-state index < -0.39 is 116 Å². The molecule has 0 spiro atoms. The SMILES string of the molecule is CC(=O)OC[C@H]1O[C@@H](O[C@H]2[C@H](OC(C)=O)[C@@H](OC(C)=O)[C@H](F)O[C@@H]2COC(C)=O)[C@H](OC(C)=O)[C@@H](OC(C)=O)[C@H]1OC(C)=O. The first kappa shape index (κ1) is 36.3. The highest BCUT2D eigenvalue weighted by atomic mass is 19.1. The molecular formula is C26H35FO17. The van der Waals surface area contributed by atoms with Gasteiger partial charge >= 0.3 is 41.8 Å². The number of hydrogen-bond donors (Lipinski definition) is 0. The minimum Gasteiger partial charge on any atom is -0.463 e. The molecule has 248 valence electrons. The molecule has 2 aliphatic heterocycles. The highest BCUT2D eigenvalue weighted by Gasteiger charge is 2.57. The summed E-state index contributed by atoms with van der Waals surface area (Å²) in [6.07, 6.45) is -17.5. The van der Waals surface area contributed by atoms with Crippen molar-refractivity contribution in [3.8, 4) is 0 Å². The number of rotatable bonds is 11. The number of halogens is 1. The topological polar surface area (TPSA) is 212 Å². The molecular weight excluding hydrogens is 603 g/mol. The zero-order chi connectivity index (χ0) is 33.3. The third-order valence-electron chi connectivity index (χ3n) is 5.87. The first-order valence-electron chi connectivity index (χ1n) is 13.2. The Morgan fingerprint density at radius 1 is 0.477 bits per heavy atom. The van der Waals surface area contributed by atoms with Crippen molar-refractivity contribution < 1.29 is 85.3 Å². The van der Waals surface area contributed by atoms with E-state index in [0.717, 1.165) is 48.5 Å². The summed E-state index contributed by atoms with van der Waals surface area (Å²) in [7, 11) is 0. The van der Waals surface area contributed by atoms with Crippen molar-refractivity contribution in [3.63, 3.8) is 0 Å². The molecule has 2 rings (SSSR count). The number of ether oxygens (including phenoxy) is 10. The van der Waals surface area contributed by atoms with Crippen LogP contribution in [-0.4, -0.2) is 116 Å². The maximum absolute atomic E-state index is 15.2. The fraction of sp³-hybridized carbons (Fsp3) is 0.731. The molecule has 2 fully saturated rings. The number of esters is 7. The molecule has 44 heavy (non-hydrogen) atoms. The van der Waals surface area contributed by atoms with E-state index in [2.05, 4.69) is 0 Å². The molecule has 0 amide bonds. The molecule has 0 saturated carbocycles. The molecule has 18 heteroatoms. The summed E-state index contributed by atoms with van der Waals surface area (Å²) in [4.78, 5) is 83.3. The van der Waals surface area contributed by atoms with E-state index in [-0.39, 0.29) is 0 Å². The van der Waals surface area contributed by atoms with Gasteiger partial charge in [-0.25, -0.2) is 4.39 Å². The van der Waals surface area contributed by atoms with Gasteiger partial charge < -0.3 is 47.4 Å². The fourth-order valence-corrected chi connectivity index (χ4v) is 4.46. The minimum absolute atomic E-state index is 0.592. The van der Waals surface area contributed by atoms with Crippen LogP contribution in [0.3, 0.4) is 0 Å². The molecule has 0 aromatic carbocycles. The standard InChI is InChI=1S/C26H35FO17/c1-10(28)35-8-17-20(21(38-13(4)31)23(25(27)42-17)40-15(6)33)44-26-24(41-16(7)34)22(39-14(5)32)19(37-12(3)30)18(43-26)9-36-11(2)29/h17-26H,8-9H2,1-7H3/t17-,18-,19+,20-,21+,22+,23-,24-,25-,26+/m1/s1. The highest BCUT2D eigenvalue weighted by Crippen LogP contribution is 2.35. The van der Waals surface area contributed by atoms with Crippen LogP contribution >= 0.6 is 0 Å². The van der Waals surface area contributed by atoms with E-state index in [0.29, 0.717) is 0 Å². The van der Waals surface area contributed by atoms with E-state index in [1.54, 1.807) is 0 Å². The van der Waals surface area contributed by atoms with Gasteiger partial charge in [0.1, 0.15) is 31.5 Å². The summed E-state index contributed by atoms with van der Waals surface area (Å²) >= 11 is 0. The van der Waals surface area contributed by atoms with Gasteiger partial charge in [-0.2, -0.15) is 0 Å². The third kappa shape index (κ3) is 10.7. The van der Waals surface area contributed by atoms with Crippen molar-refractivity contribution in [2.75, 3.05) is 13.2 Å². The molecule has 2 heterocycles. The van der Waals surface area contributed by atoms with Gasteiger partial charge in [-0.05, 0) is 0 Å². The molecule has 0 aromatic heterocycles. The minimum atomic E-state index is -2.40. The van der Waals surface area contributed by atoms with Crippen LogP contribution < -0.4 is 0 Å². The zero-order valence-corrected chi connectivity index (χ0v) is 25.0. The van der Waals surface area contributed by atoms with E-state index in [4.69, 9.17) is 47.4 Å². The second-order valence-corrected chi connectivity index (χ2v) is 9.64. The Labute approximate surface area is 250 Å². The van der Waals surface area contributed by atoms with E-state index in [1.807, 2.05) is 0 Å². The Morgan fingerprint density at radius 3 is 1.27 bits per heavy atom. The van der Waals surface area contributed by atoms with E-state index >= 15 is 4.39 Å². The lowest BCUT2D eigenvalue weighted by molar-refractivity contribution is -0.351. The smallest absolute Gasteiger partial charge is 0.303 e. The lowest BCUT2D eigenvalue weighted by Crippen LogP contribution is -2.66. The van der Waals surface area contributed by atoms with Crippen LogP contribution in [0.1, 0.15) is 48.5 Å². The number of carbonyl (C=O) groups excluding carboxylic acids is 7. The first-order chi connectivity index (χ1) is 20.5. The number of carbonyl (C=O) groups is 7. The van der Waals surface area contributed by atoms with Crippen LogP contribution in [0, 0.1) is 0 Å². The van der Waals surface area contributed by atoms with Crippen LogP contribution in [0.2, 0.25) is 0 Å². The van der Waals surface area contributed by atoms with Crippen molar-refractivity contribution in [3.05, 3.63) is 0 Å². The second kappa shape index (κ2) is 16.2. The van der Waals surface area contributed by atoms with Gasteiger partial charge in [0.05, 0.1) is 0 Å². The summed E-state index contributed by atoms with van der Waals surface area (Å²) in [6.45, 7) is 5.83. The van der Waals surface area contributed by atoms with E-state index in [1.165, 1.54) is 0 Å². The summed E-state index contributed by atoms with van der Waals surface area (Å²) in [5, 5.41) is 0. The molecule has 0 aliphatic carbocycles. The third-order valence-corrected chi connectivity index (χ3v) is 5.87. The summed E-state index contributed by atoms with van der Waals surface area (Å²) in [6, 6.07) is 0. The molecule has 0 N–H and O–H groups in total. The molecule has 0 radical (unpaired) electrons. The molecule has 0 bridgehead atoms. The quantitative estimate of drug-likeness (QED) is 0.207. The molecule has 10 atom stereocenters. The van der Waals surface area contributed by atoms with Gasteiger partial charge in [-0.1, -0.05) is 0 Å². The van der Waals surface area contributed by atoms with Crippen molar-refractivity contribution >= 4 is 41.8 Å². The Morgan fingerprint density at radius 2 is 0.841 bits per heavy atom. The van der Waals surface area contributed by atoms with Crippen LogP contribution in [0.15, 0.2) is 0 Å². The molecule has 2 aliphatic rings. The van der Waals surface area contributed by atoms with Crippen LogP contribution in [0.25, 0.3) is 0 Å². The molecule has 0 aromatic rings. The Balaban J connectivity index is 2.66. The Hall–Kier alpha value is -3.90. The zero-order valence-electron chi connectivity index (χ0n) is 25.0. The van der Waals surface area contributed by atoms with Crippen LogP contribution in [0.4, 0.5) is 4.39 Å². The summed E-state index contributed by atoms with van der Waals surface area (Å²) in [5.41, 5.74) is 0. The fourth-order valence-electron chi connectivity index (χ4n) is 4.46. The first-order valence-corrected chi connectivity index (χ1v) is 13.2. The van der Waals surface area contributed by atoms with Gasteiger partial charge in [0.25, 0.3) is 0 Å². The van der Waals surface area contributed by atoms with Gasteiger partial charge in [-0.3, -0.25) is 33.6 Å². The van der Waals surface area contributed by atoms with Crippen molar-refractivity contribution in [1.29, 1.82) is 0 Å². The van der Waals surface area contributed by atoms with Crippen molar-refractivity contribution in [2.45, 2.75) is 110 Å². The van der Waals surface area contributed by atoms with Gasteiger partial charge in [0, 0.05) is 48.5 Å². The normalized spacial score (nSPS) is 31.5. The predicted molar refractivity (Wildman–Crippen MR) is 134 cm³/mol. The van der Waals surface area contributed by atoms with Crippen LogP contribution in [-0.2, 0) is 80.9 Å². The van der Waals surface area contributed by atoms with E-state index in [9.17, 15) is 33.6 Å². The van der Waals surface area contributed by atoms with Gasteiger partial charge in [-0.15, -0.1) is 0 Å².